The number of anilines is 1. The number of methoxy groups -OCH3 is 1. The first-order valence-electron chi connectivity index (χ1n) is 8.69. The fraction of sp³-hybridized carbons (Fsp3) is 0.350. The molecule has 0 unspecified atom stereocenters. The van der Waals surface area contributed by atoms with Crippen molar-refractivity contribution in [2.45, 2.75) is 0 Å². The van der Waals surface area contributed by atoms with Gasteiger partial charge >= 0.3 is 0 Å². The highest BCUT2D eigenvalue weighted by Crippen LogP contribution is 2.22. The lowest BCUT2D eigenvalue weighted by atomic mass is 10.1. The Kier molecular flexibility index (Phi) is 6.07. The predicted molar refractivity (Wildman–Crippen MR) is 98.3 cm³/mol. The van der Waals surface area contributed by atoms with Gasteiger partial charge in [0, 0.05) is 39.0 Å². The Bertz CT molecular complexity index is 728. The molecule has 1 heterocycles. The number of carbonyl (C=O) groups excluding carboxylic acids is 1. The van der Waals surface area contributed by atoms with E-state index in [9.17, 15) is 9.18 Å². The van der Waals surface area contributed by atoms with E-state index in [1.807, 2.05) is 17.0 Å². The molecule has 2 aromatic carbocycles. The van der Waals surface area contributed by atoms with Gasteiger partial charge in [0.25, 0.3) is 5.91 Å². The molecule has 138 valence electrons. The molecule has 0 spiro atoms. The minimum Gasteiger partial charge on any atom is -0.490 e. The van der Waals surface area contributed by atoms with Crippen molar-refractivity contribution < 1.29 is 18.7 Å². The first-order valence-corrected chi connectivity index (χ1v) is 8.69. The van der Waals surface area contributed by atoms with Crippen LogP contribution in [0.15, 0.2) is 48.5 Å². The molecule has 1 saturated heterocycles. The minimum absolute atomic E-state index is 0.0308. The zero-order valence-corrected chi connectivity index (χ0v) is 14.9. The molecule has 0 N–H and O–H groups in total. The maximum atomic E-state index is 13.1. The third kappa shape index (κ3) is 4.32. The molecule has 0 aromatic heterocycles. The predicted octanol–water partition coefficient (Wildman–Crippen LogP) is 2.81. The van der Waals surface area contributed by atoms with Crippen molar-refractivity contribution in [2.24, 2.45) is 0 Å². The highest BCUT2D eigenvalue weighted by Gasteiger charge is 2.24. The van der Waals surface area contributed by atoms with Crippen molar-refractivity contribution in [3.8, 4) is 5.75 Å². The molecule has 1 amide bonds. The van der Waals surface area contributed by atoms with Gasteiger partial charge in [0.1, 0.15) is 18.2 Å². The Labute approximate surface area is 152 Å². The number of piperazine rings is 1. The molecule has 26 heavy (non-hydrogen) atoms. The van der Waals surface area contributed by atoms with Gasteiger partial charge in [0.15, 0.2) is 0 Å². The molecule has 6 heteroatoms. The van der Waals surface area contributed by atoms with E-state index in [0.29, 0.717) is 50.7 Å². The number of nitrogens with zero attached hydrogens (tertiary/aromatic N) is 2. The fourth-order valence-electron chi connectivity index (χ4n) is 2.99. The maximum Gasteiger partial charge on any atom is 0.257 e. The molecule has 0 atom stereocenters. The zero-order chi connectivity index (χ0) is 18.4. The minimum atomic E-state index is -0.243. The standard InChI is InChI=1S/C20H23FN2O3/c1-25-14-15-26-19-5-3-2-4-18(19)20(24)23-12-10-22(11-13-23)17-8-6-16(21)7-9-17/h2-9H,10-15H2,1H3. The first kappa shape index (κ1) is 18.2. The van der Waals surface area contributed by atoms with Gasteiger partial charge in [-0.1, -0.05) is 12.1 Å². The average molecular weight is 358 g/mol. The van der Waals surface area contributed by atoms with Crippen LogP contribution in [-0.2, 0) is 4.74 Å². The fourth-order valence-corrected chi connectivity index (χ4v) is 2.99. The maximum absolute atomic E-state index is 13.1. The Morgan fingerprint density at radius 1 is 1.00 bits per heavy atom. The van der Waals surface area contributed by atoms with Gasteiger partial charge in [-0.15, -0.1) is 0 Å². The molecule has 3 rings (SSSR count). The monoisotopic (exact) mass is 358 g/mol. The molecule has 0 radical (unpaired) electrons. The van der Waals surface area contributed by atoms with Crippen LogP contribution >= 0.6 is 0 Å². The number of ether oxygens (including phenoxy) is 2. The molecule has 0 bridgehead atoms. The lowest BCUT2D eigenvalue weighted by Crippen LogP contribution is -2.48. The number of hydrogen-bond acceptors (Lipinski definition) is 4. The van der Waals surface area contributed by atoms with Gasteiger partial charge < -0.3 is 19.3 Å². The van der Waals surface area contributed by atoms with Crippen LogP contribution in [0.3, 0.4) is 0 Å². The second kappa shape index (κ2) is 8.67. The van der Waals surface area contributed by atoms with Crippen LogP contribution in [-0.4, -0.2) is 57.3 Å². The number of amides is 1. The van der Waals surface area contributed by atoms with Crippen LogP contribution in [0.25, 0.3) is 0 Å². The summed E-state index contributed by atoms with van der Waals surface area (Å²) in [5, 5.41) is 0. The summed E-state index contributed by atoms with van der Waals surface area (Å²) in [6, 6.07) is 13.7. The normalized spacial score (nSPS) is 14.4. The highest BCUT2D eigenvalue weighted by atomic mass is 19.1. The number of carbonyl (C=O) groups is 1. The van der Waals surface area contributed by atoms with Crippen LogP contribution in [0.5, 0.6) is 5.75 Å². The van der Waals surface area contributed by atoms with Gasteiger partial charge in [0.2, 0.25) is 0 Å². The summed E-state index contributed by atoms with van der Waals surface area (Å²) in [5.74, 6) is 0.305. The number of rotatable bonds is 6. The Hall–Kier alpha value is -2.60. The van der Waals surface area contributed by atoms with E-state index in [4.69, 9.17) is 9.47 Å². The number of hydrogen-bond donors (Lipinski definition) is 0. The number of halogens is 1. The highest BCUT2D eigenvalue weighted by molar-refractivity contribution is 5.97. The van der Waals surface area contributed by atoms with Gasteiger partial charge in [0.05, 0.1) is 12.2 Å². The Morgan fingerprint density at radius 2 is 1.69 bits per heavy atom. The summed E-state index contributed by atoms with van der Waals surface area (Å²) in [4.78, 5) is 16.9. The number of benzene rings is 2. The van der Waals surface area contributed by atoms with E-state index in [2.05, 4.69) is 4.90 Å². The van der Waals surface area contributed by atoms with Gasteiger partial charge in [-0.25, -0.2) is 4.39 Å². The molecule has 1 fully saturated rings. The van der Waals surface area contributed by atoms with E-state index in [0.717, 1.165) is 5.69 Å². The van der Waals surface area contributed by atoms with Crippen molar-refractivity contribution in [1.82, 2.24) is 4.90 Å². The van der Waals surface area contributed by atoms with Crippen molar-refractivity contribution in [1.29, 1.82) is 0 Å². The van der Waals surface area contributed by atoms with Crippen molar-refractivity contribution >= 4 is 11.6 Å². The van der Waals surface area contributed by atoms with E-state index in [1.165, 1.54) is 12.1 Å². The summed E-state index contributed by atoms with van der Waals surface area (Å²) in [7, 11) is 1.61. The molecule has 1 aliphatic rings. The summed E-state index contributed by atoms with van der Waals surface area (Å²) >= 11 is 0. The Morgan fingerprint density at radius 3 is 2.38 bits per heavy atom. The van der Waals surface area contributed by atoms with E-state index < -0.39 is 0 Å². The van der Waals surface area contributed by atoms with Crippen molar-refractivity contribution in [2.75, 3.05) is 51.4 Å². The summed E-state index contributed by atoms with van der Waals surface area (Å²) in [6.45, 7) is 3.53. The molecule has 1 aliphatic heterocycles. The third-order valence-corrected chi connectivity index (χ3v) is 4.42. The molecule has 2 aromatic rings. The van der Waals surface area contributed by atoms with Crippen LogP contribution in [0.4, 0.5) is 10.1 Å². The largest absolute Gasteiger partial charge is 0.490 e. The van der Waals surface area contributed by atoms with Crippen LogP contribution in [0.2, 0.25) is 0 Å². The zero-order valence-electron chi connectivity index (χ0n) is 14.9. The van der Waals surface area contributed by atoms with Crippen LogP contribution < -0.4 is 9.64 Å². The van der Waals surface area contributed by atoms with Crippen molar-refractivity contribution in [3.63, 3.8) is 0 Å². The van der Waals surface area contributed by atoms with Gasteiger partial charge in [-0.3, -0.25) is 4.79 Å². The number of para-hydroxylation sites is 1. The topological polar surface area (TPSA) is 42.0 Å². The SMILES string of the molecule is COCCOc1ccccc1C(=O)N1CCN(c2ccc(F)cc2)CC1. The van der Waals surface area contributed by atoms with Crippen molar-refractivity contribution in [3.05, 3.63) is 59.9 Å². The summed E-state index contributed by atoms with van der Waals surface area (Å²) in [5.41, 5.74) is 1.54. The molecular weight excluding hydrogens is 335 g/mol. The van der Waals surface area contributed by atoms with E-state index in [-0.39, 0.29) is 11.7 Å². The van der Waals surface area contributed by atoms with Gasteiger partial charge in [-0.2, -0.15) is 0 Å². The second-order valence-corrected chi connectivity index (χ2v) is 6.09. The smallest absolute Gasteiger partial charge is 0.257 e. The molecule has 0 saturated carbocycles. The second-order valence-electron chi connectivity index (χ2n) is 6.09. The lowest BCUT2D eigenvalue weighted by molar-refractivity contribution is 0.0739. The quantitative estimate of drug-likeness (QED) is 0.745. The average Bonchev–Trinajstić information content (AvgIpc) is 2.69. The summed E-state index contributed by atoms with van der Waals surface area (Å²) in [6.07, 6.45) is 0. The van der Waals surface area contributed by atoms with Gasteiger partial charge in [-0.05, 0) is 36.4 Å². The molecule has 5 nitrogen and oxygen atoms in total. The lowest BCUT2D eigenvalue weighted by Gasteiger charge is -2.36. The summed E-state index contributed by atoms with van der Waals surface area (Å²) < 4.78 is 23.7. The Balaban J connectivity index is 1.62. The van der Waals surface area contributed by atoms with E-state index >= 15 is 0 Å². The van der Waals surface area contributed by atoms with Crippen LogP contribution in [0.1, 0.15) is 10.4 Å². The van der Waals surface area contributed by atoms with E-state index in [1.54, 1.807) is 31.4 Å². The van der Waals surface area contributed by atoms with Crippen LogP contribution in [0, 0.1) is 5.82 Å². The first-order chi connectivity index (χ1) is 12.7. The molecule has 0 aliphatic carbocycles. The molecular formula is C20H23FN2O3. The third-order valence-electron chi connectivity index (χ3n) is 4.42.